The van der Waals surface area contributed by atoms with E-state index >= 15 is 0 Å². The van der Waals surface area contributed by atoms with Crippen molar-refractivity contribution in [2.75, 3.05) is 31.1 Å². The number of halogens is 3. The van der Waals surface area contributed by atoms with Crippen LogP contribution in [0.15, 0.2) is 64.8 Å². The van der Waals surface area contributed by atoms with Crippen LogP contribution in [0.25, 0.3) is 10.9 Å². The van der Waals surface area contributed by atoms with Gasteiger partial charge in [0.05, 0.1) is 27.8 Å². The zero-order valence-corrected chi connectivity index (χ0v) is 20.9. The Kier molecular flexibility index (Phi) is 6.91. The Morgan fingerprint density at radius 1 is 1.05 bits per heavy atom. The number of hydrogen-bond donors (Lipinski definition) is 0. The van der Waals surface area contributed by atoms with Gasteiger partial charge in [0.2, 0.25) is 5.91 Å². The highest BCUT2D eigenvalue weighted by atomic mass is 32.2. The number of amides is 1. The molecule has 0 aliphatic carbocycles. The zero-order chi connectivity index (χ0) is 27.0. The molecule has 1 atom stereocenters. The number of anilines is 1. The number of pyridine rings is 1. The van der Waals surface area contributed by atoms with Gasteiger partial charge in [-0.1, -0.05) is 36.4 Å². The molecule has 2 aliphatic heterocycles. The summed E-state index contributed by atoms with van der Waals surface area (Å²) in [7, 11) is 0. The fraction of sp³-hybridized carbons (Fsp3) is 0.308. The first-order chi connectivity index (χ1) is 18.1. The molecule has 3 aromatic rings. The second-order valence-electron chi connectivity index (χ2n) is 9.10. The van der Waals surface area contributed by atoms with Crippen LogP contribution in [0.5, 0.6) is 0 Å². The molecule has 198 valence electrons. The van der Waals surface area contributed by atoms with Gasteiger partial charge in [0.1, 0.15) is 5.69 Å². The number of carbonyl (C=O) groups is 1. The Morgan fingerprint density at radius 2 is 1.74 bits per heavy atom. The first-order valence-electron chi connectivity index (χ1n) is 12.0. The number of alkyl halides is 3. The fourth-order valence-electron chi connectivity index (χ4n) is 4.90. The van der Waals surface area contributed by atoms with Crippen molar-refractivity contribution in [3.8, 4) is 0 Å². The van der Waals surface area contributed by atoms with Crippen LogP contribution in [0, 0.1) is 10.1 Å². The molecule has 1 aromatic heterocycles. The smallest absolute Gasteiger partial charge is 0.362 e. The van der Waals surface area contributed by atoms with Gasteiger partial charge < -0.3 is 9.80 Å². The van der Waals surface area contributed by atoms with E-state index in [1.165, 1.54) is 28.5 Å². The van der Waals surface area contributed by atoms with E-state index in [0.717, 1.165) is 12.1 Å². The number of benzene rings is 2. The predicted octanol–water partition coefficient (Wildman–Crippen LogP) is 4.64. The average molecular weight is 545 g/mol. The lowest BCUT2D eigenvalue weighted by molar-refractivity contribution is -0.385. The molecule has 0 saturated carbocycles. The molecule has 1 fully saturated rings. The third-order valence-corrected chi connectivity index (χ3v) is 7.87. The van der Waals surface area contributed by atoms with E-state index in [4.69, 9.17) is 0 Å². The highest BCUT2D eigenvalue weighted by molar-refractivity contribution is 8.03. The lowest BCUT2D eigenvalue weighted by Gasteiger charge is -2.37. The van der Waals surface area contributed by atoms with Crippen molar-refractivity contribution in [2.45, 2.75) is 24.4 Å². The van der Waals surface area contributed by atoms with E-state index in [0.29, 0.717) is 49.1 Å². The number of carbonyl (C=O) groups excluding carboxylic acids is 1. The maximum absolute atomic E-state index is 13.5. The molecule has 38 heavy (non-hydrogen) atoms. The molecule has 0 bridgehead atoms. The van der Waals surface area contributed by atoms with Gasteiger partial charge in [0, 0.05) is 31.6 Å². The molecule has 2 aromatic carbocycles. The van der Waals surface area contributed by atoms with Crippen molar-refractivity contribution in [1.29, 1.82) is 0 Å². The summed E-state index contributed by atoms with van der Waals surface area (Å²) in [6, 6.07) is 11.1. The Labute approximate surface area is 219 Å². The number of thioether (sulfide) groups is 1. The Balaban J connectivity index is 1.50. The first kappa shape index (κ1) is 25.8. The van der Waals surface area contributed by atoms with Gasteiger partial charge in [-0.2, -0.15) is 13.2 Å². The Morgan fingerprint density at radius 3 is 2.34 bits per heavy atom. The highest BCUT2D eigenvalue weighted by Crippen LogP contribution is 2.35. The number of hydrogen-bond acceptors (Lipinski definition) is 6. The van der Waals surface area contributed by atoms with Crippen LogP contribution in [0.1, 0.15) is 17.5 Å². The van der Waals surface area contributed by atoms with Crippen molar-refractivity contribution in [3.05, 3.63) is 91.6 Å². The Hall–Kier alpha value is -3.80. The van der Waals surface area contributed by atoms with Gasteiger partial charge in [0.25, 0.3) is 0 Å². The summed E-state index contributed by atoms with van der Waals surface area (Å²) in [4.78, 5) is 41.3. The van der Waals surface area contributed by atoms with Crippen LogP contribution in [0.2, 0.25) is 0 Å². The molecule has 1 amide bonds. The molecule has 8 nitrogen and oxygen atoms in total. The summed E-state index contributed by atoms with van der Waals surface area (Å²) in [6.07, 6.45) is -1.86. The molecule has 0 N–H and O–H groups in total. The Bertz CT molecular complexity index is 1470. The van der Waals surface area contributed by atoms with Crippen molar-refractivity contribution in [1.82, 2.24) is 9.47 Å². The summed E-state index contributed by atoms with van der Waals surface area (Å²) in [5.41, 5.74) is -1.21. The van der Waals surface area contributed by atoms with E-state index < -0.39 is 27.9 Å². The summed E-state index contributed by atoms with van der Waals surface area (Å²) in [5, 5.41) is 14.5. The number of fused-ring (bicyclic) bond motifs is 1. The third kappa shape index (κ3) is 4.87. The monoisotopic (exact) mass is 544 g/mol. The maximum Gasteiger partial charge on any atom is 0.416 e. The summed E-state index contributed by atoms with van der Waals surface area (Å²) in [6.45, 7) is 1.26. The van der Waals surface area contributed by atoms with E-state index in [-0.39, 0.29) is 23.4 Å². The van der Waals surface area contributed by atoms with Crippen LogP contribution in [-0.4, -0.2) is 51.7 Å². The minimum absolute atomic E-state index is 0.0333. The standard InChI is InChI=1S/C26H23F3N4O4S/c27-26(28,29)18-9-7-17(8-10-18)16-32-20-5-2-1-4-19(20)22(23(25(32)35)33(36)37)30-11-13-31(14-12-30)24(34)21-6-3-15-38-21/h1-5,7-10,15,21H,6,11-14,16H2. The molecule has 12 heteroatoms. The molecule has 3 heterocycles. The number of aromatic nitrogens is 1. The predicted molar refractivity (Wildman–Crippen MR) is 139 cm³/mol. The SMILES string of the molecule is O=C(C1CC=CS1)N1CCN(c2c([N+](=O)[O-])c(=O)n(Cc3ccc(C(F)(F)F)cc3)c3ccccc23)CC1. The minimum atomic E-state index is -4.50. The summed E-state index contributed by atoms with van der Waals surface area (Å²) < 4.78 is 40.1. The maximum atomic E-state index is 13.5. The number of nitrogens with zero attached hydrogens (tertiary/aromatic N) is 4. The summed E-state index contributed by atoms with van der Waals surface area (Å²) in [5.74, 6) is 0.0333. The number of allylic oxidation sites excluding steroid dienone is 1. The van der Waals surface area contributed by atoms with Crippen LogP contribution >= 0.6 is 11.8 Å². The van der Waals surface area contributed by atoms with Crippen LogP contribution in [-0.2, 0) is 17.5 Å². The average Bonchev–Trinajstić information content (AvgIpc) is 3.44. The molecule has 0 spiro atoms. The summed E-state index contributed by atoms with van der Waals surface area (Å²) >= 11 is 1.48. The molecule has 1 unspecified atom stereocenters. The van der Waals surface area contributed by atoms with Crippen molar-refractivity contribution >= 4 is 39.9 Å². The number of para-hydroxylation sites is 1. The lowest BCUT2D eigenvalue weighted by Crippen LogP contribution is -2.51. The molecule has 2 aliphatic rings. The zero-order valence-electron chi connectivity index (χ0n) is 20.1. The van der Waals surface area contributed by atoms with E-state index in [9.17, 15) is 32.9 Å². The number of nitro groups is 1. The highest BCUT2D eigenvalue weighted by Gasteiger charge is 2.34. The second kappa shape index (κ2) is 10.2. The first-order valence-corrected chi connectivity index (χ1v) is 12.9. The topological polar surface area (TPSA) is 88.7 Å². The van der Waals surface area contributed by atoms with Crippen LogP contribution in [0.4, 0.5) is 24.5 Å². The molecular formula is C26H23F3N4O4S. The van der Waals surface area contributed by atoms with Crippen molar-refractivity contribution < 1.29 is 22.9 Å². The molecule has 5 rings (SSSR count). The van der Waals surface area contributed by atoms with Crippen molar-refractivity contribution in [3.63, 3.8) is 0 Å². The molecular weight excluding hydrogens is 521 g/mol. The van der Waals surface area contributed by atoms with Gasteiger partial charge in [-0.15, -0.1) is 11.8 Å². The van der Waals surface area contributed by atoms with Gasteiger partial charge >= 0.3 is 17.4 Å². The van der Waals surface area contributed by atoms with Gasteiger partial charge in [-0.3, -0.25) is 24.3 Å². The fourth-order valence-corrected chi connectivity index (χ4v) is 5.80. The van der Waals surface area contributed by atoms with Crippen LogP contribution < -0.4 is 10.5 Å². The second-order valence-corrected chi connectivity index (χ2v) is 10.2. The van der Waals surface area contributed by atoms with Crippen LogP contribution in [0.3, 0.4) is 0 Å². The third-order valence-electron chi connectivity index (χ3n) is 6.80. The molecule has 0 radical (unpaired) electrons. The normalized spacial score (nSPS) is 17.8. The van der Waals surface area contributed by atoms with Gasteiger partial charge in [-0.25, -0.2) is 0 Å². The minimum Gasteiger partial charge on any atom is -0.362 e. The van der Waals surface area contributed by atoms with Gasteiger partial charge in [-0.05, 0) is 35.6 Å². The molecule has 1 saturated heterocycles. The lowest BCUT2D eigenvalue weighted by atomic mass is 10.1. The van der Waals surface area contributed by atoms with Gasteiger partial charge in [0.15, 0.2) is 0 Å². The van der Waals surface area contributed by atoms with E-state index in [1.54, 1.807) is 34.1 Å². The largest absolute Gasteiger partial charge is 0.416 e. The van der Waals surface area contributed by atoms with E-state index in [1.807, 2.05) is 11.5 Å². The van der Waals surface area contributed by atoms with Crippen molar-refractivity contribution in [2.24, 2.45) is 0 Å². The quantitative estimate of drug-likeness (QED) is 0.344. The number of rotatable bonds is 5. The van der Waals surface area contributed by atoms with E-state index in [2.05, 4.69) is 0 Å². The number of piperazine rings is 1.